The zero-order valence-electron chi connectivity index (χ0n) is 11.5. The van der Waals surface area contributed by atoms with Crippen LogP contribution in [0.25, 0.3) is 0 Å². The number of hydrogen-bond acceptors (Lipinski definition) is 3. The molecule has 100 valence electrons. The van der Waals surface area contributed by atoms with Crippen LogP contribution in [0.1, 0.15) is 32.8 Å². The molecule has 1 aromatic rings. The van der Waals surface area contributed by atoms with Gasteiger partial charge in [0.2, 0.25) is 5.91 Å². The Morgan fingerprint density at radius 2 is 2.06 bits per heavy atom. The largest absolute Gasteiger partial charge is 0.495 e. The predicted molar refractivity (Wildman–Crippen MR) is 73.3 cm³/mol. The Morgan fingerprint density at radius 3 is 2.56 bits per heavy atom. The molecule has 0 aliphatic heterocycles. The topological polar surface area (TPSA) is 64.3 Å². The monoisotopic (exact) mass is 250 g/mol. The number of methoxy groups -OCH3 is 1. The highest BCUT2D eigenvalue weighted by Crippen LogP contribution is 2.22. The number of ether oxygens (including phenoxy) is 1. The average Bonchev–Trinajstić information content (AvgIpc) is 2.24. The van der Waals surface area contributed by atoms with Crippen molar-refractivity contribution in [3.8, 4) is 5.75 Å². The van der Waals surface area contributed by atoms with Crippen LogP contribution in [0.2, 0.25) is 0 Å². The zero-order chi connectivity index (χ0) is 13.8. The molecule has 18 heavy (non-hydrogen) atoms. The number of nitrogens with one attached hydrogen (secondary N) is 1. The standard InChI is InChI=1S/C14H22N2O2/c1-14(2,3)8-13(17)16-9-10-5-6-12(18-4)11(15)7-10/h5-7H,8-9,15H2,1-4H3,(H,16,17). The van der Waals surface area contributed by atoms with Gasteiger partial charge in [0, 0.05) is 13.0 Å². The number of nitrogen functional groups attached to an aromatic ring is 1. The van der Waals surface area contributed by atoms with Gasteiger partial charge in [0.25, 0.3) is 0 Å². The highest BCUT2D eigenvalue weighted by molar-refractivity contribution is 5.76. The van der Waals surface area contributed by atoms with E-state index in [2.05, 4.69) is 5.32 Å². The molecule has 0 saturated heterocycles. The van der Waals surface area contributed by atoms with Crippen LogP contribution >= 0.6 is 0 Å². The van der Waals surface area contributed by atoms with Gasteiger partial charge in [0.15, 0.2) is 0 Å². The van der Waals surface area contributed by atoms with E-state index in [4.69, 9.17) is 10.5 Å². The van der Waals surface area contributed by atoms with Crippen LogP contribution < -0.4 is 15.8 Å². The van der Waals surface area contributed by atoms with E-state index in [9.17, 15) is 4.79 Å². The Kier molecular flexibility index (Phi) is 4.59. The SMILES string of the molecule is COc1ccc(CNC(=O)CC(C)(C)C)cc1N. The third-order valence-corrected chi connectivity index (χ3v) is 2.47. The third-order valence-electron chi connectivity index (χ3n) is 2.47. The molecule has 1 aromatic carbocycles. The number of anilines is 1. The summed E-state index contributed by atoms with van der Waals surface area (Å²) in [4.78, 5) is 11.7. The molecule has 4 heteroatoms. The first-order chi connectivity index (χ1) is 8.31. The normalized spacial score (nSPS) is 11.1. The molecule has 0 aliphatic carbocycles. The molecule has 1 rings (SSSR count). The Bertz CT molecular complexity index is 422. The van der Waals surface area contributed by atoms with Crippen molar-refractivity contribution in [2.24, 2.45) is 5.41 Å². The van der Waals surface area contributed by atoms with Gasteiger partial charge in [-0.3, -0.25) is 4.79 Å². The maximum Gasteiger partial charge on any atom is 0.220 e. The van der Waals surface area contributed by atoms with Crippen molar-refractivity contribution >= 4 is 11.6 Å². The molecule has 0 aliphatic rings. The maximum atomic E-state index is 11.7. The summed E-state index contributed by atoms with van der Waals surface area (Å²) in [6, 6.07) is 5.52. The average molecular weight is 250 g/mol. The van der Waals surface area contributed by atoms with Gasteiger partial charge >= 0.3 is 0 Å². The van der Waals surface area contributed by atoms with Gasteiger partial charge in [-0.1, -0.05) is 26.8 Å². The zero-order valence-corrected chi connectivity index (χ0v) is 11.5. The van der Waals surface area contributed by atoms with E-state index in [0.29, 0.717) is 24.4 Å². The lowest BCUT2D eigenvalue weighted by Gasteiger charge is -2.17. The van der Waals surface area contributed by atoms with Crippen LogP contribution in [0, 0.1) is 5.41 Å². The second kappa shape index (κ2) is 5.76. The quantitative estimate of drug-likeness (QED) is 0.806. The molecular formula is C14H22N2O2. The summed E-state index contributed by atoms with van der Waals surface area (Å²) >= 11 is 0. The summed E-state index contributed by atoms with van der Waals surface area (Å²) in [6.45, 7) is 6.61. The number of amides is 1. The molecular weight excluding hydrogens is 228 g/mol. The molecule has 0 heterocycles. The van der Waals surface area contributed by atoms with E-state index in [1.807, 2.05) is 32.9 Å². The lowest BCUT2D eigenvalue weighted by Crippen LogP contribution is -2.27. The fourth-order valence-corrected chi connectivity index (χ4v) is 1.64. The van der Waals surface area contributed by atoms with E-state index in [1.165, 1.54) is 0 Å². The van der Waals surface area contributed by atoms with Crippen molar-refractivity contribution in [2.75, 3.05) is 12.8 Å². The van der Waals surface area contributed by atoms with Crippen molar-refractivity contribution in [3.63, 3.8) is 0 Å². The number of hydrogen-bond donors (Lipinski definition) is 2. The smallest absolute Gasteiger partial charge is 0.220 e. The van der Waals surface area contributed by atoms with Gasteiger partial charge in [-0.15, -0.1) is 0 Å². The molecule has 4 nitrogen and oxygen atoms in total. The highest BCUT2D eigenvalue weighted by atomic mass is 16.5. The maximum absolute atomic E-state index is 11.7. The number of nitrogens with two attached hydrogens (primary N) is 1. The van der Waals surface area contributed by atoms with Crippen LogP contribution in [-0.4, -0.2) is 13.0 Å². The molecule has 0 fully saturated rings. The lowest BCUT2D eigenvalue weighted by atomic mass is 9.92. The van der Waals surface area contributed by atoms with Crippen molar-refractivity contribution in [1.29, 1.82) is 0 Å². The van der Waals surface area contributed by atoms with E-state index >= 15 is 0 Å². The molecule has 0 spiro atoms. The Hall–Kier alpha value is -1.71. The molecule has 0 radical (unpaired) electrons. The van der Waals surface area contributed by atoms with Crippen molar-refractivity contribution in [2.45, 2.75) is 33.7 Å². The summed E-state index contributed by atoms with van der Waals surface area (Å²) in [5.41, 5.74) is 7.36. The van der Waals surface area contributed by atoms with Crippen molar-refractivity contribution < 1.29 is 9.53 Å². The minimum absolute atomic E-state index is 0.00300. The van der Waals surface area contributed by atoms with Crippen molar-refractivity contribution in [1.82, 2.24) is 5.32 Å². The summed E-state index contributed by atoms with van der Waals surface area (Å²) in [5.74, 6) is 0.705. The molecule has 0 bridgehead atoms. The molecule has 3 N–H and O–H groups in total. The van der Waals surface area contributed by atoms with E-state index in [1.54, 1.807) is 13.2 Å². The molecule has 0 atom stereocenters. The summed E-state index contributed by atoms with van der Waals surface area (Å²) < 4.78 is 5.08. The third kappa shape index (κ3) is 4.65. The van der Waals surface area contributed by atoms with E-state index in [0.717, 1.165) is 5.56 Å². The fraction of sp³-hybridized carbons (Fsp3) is 0.500. The van der Waals surface area contributed by atoms with Gasteiger partial charge in [-0.25, -0.2) is 0 Å². The molecule has 0 saturated carbocycles. The number of rotatable bonds is 4. The molecule has 0 unspecified atom stereocenters. The van der Waals surface area contributed by atoms with Gasteiger partial charge in [0.1, 0.15) is 5.75 Å². The van der Waals surface area contributed by atoms with E-state index in [-0.39, 0.29) is 11.3 Å². The number of carbonyl (C=O) groups excluding carboxylic acids is 1. The summed E-state index contributed by atoms with van der Waals surface area (Å²) in [5, 5.41) is 2.88. The Balaban J connectivity index is 2.54. The van der Waals surface area contributed by atoms with Gasteiger partial charge in [-0.2, -0.15) is 0 Å². The second-order valence-corrected chi connectivity index (χ2v) is 5.59. The summed E-state index contributed by atoms with van der Waals surface area (Å²) in [7, 11) is 1.58. The van der Waals surface area contributed by atoms with Crippen LogP contribution in [0.15, 0.2) is 18.2 Å². The molecule has 0 aromatic heterocycles. The van der Waals surface area contributed by atoms with Crippen LogP contribution in [0.3, 0.4) is 0 Å². The van der Waals surface area contributed by atoms with Gasteiger partial charge in [-0.05, 0) is 23.1 Å². The van der Waals surface area contributed by atoms with Gasteiger partial charge in [0.05, 0.1) is 12.8 Å². The minimum Gasteiger partial charge on any atom is -0.495 e. The fourth-order valence-electron chi connectivity index (χ4n) is 1.64. The lowest BCUT2D eigenvalue weighted by molar-refractivity contribution is -0.122. The molecule has 1 amide bonds. The van der Waals surface area contributed by atoms with Gasteiger partial charge < -0.3 is 15.8 Å². The first kappa shape index (κ1) is 14.4. The van der Waals surface area contributed by atoms with Crippen LogP contribution in [0.5, 0.6) is 5.75 Å². The van der Waals surface area contributed by atoms with E-state index < -0.39 is 0 Å². The highest BCUT2D eigenvalue weighted by Gasteiger charge is 2.15. The first-order valence-electron chi connectivity index (χ1n) is 6.01. The summed E-state index contributed by atoms with van der Waals surface area (Å²) in [6.07, 6.45) is 0.513. The first-order valence-corrected chi connectivity index (χ1v) is 6.01. The number of benzene rings is 1. The van der Waals surface area contributed by atoms with Crippen LogP contribution in [-0.2, 0) is 11.3 Å². The van der Waals surface area contributed by atoms with Crippen molar-refractivity contribution in [3.05, 3.63) is 23.8 Å². The Labute approximate surface area is 109 Å². The predicted octanol–water partition coefficient (Wildman–Crippen LogP) is 2.33. The minimum atomic E-state index is 0.00300. The number of carbonyl (C=O) groups is 1. The van der Waals surface area contributed by atoms with Crippen LogP contribution in [0.4, 0.5) is 5.69 Å². The Morgan fingerprint density at radius 1 is 1.39 bits per heavy atom. The second-order valence-electron chi connectivity index (χ2n) is 5.59.